The molecule has 1 aliphatic rings. The van der Waals surface area contributed by atoms with Crippen molar-refractivity contribution in [1.29, 1.82) is 0 Å². The summed E-state index contributed by atoms with van der Waals surface area (Å²) in [4.78, 5) is 22.5. The molecule has 0 saturated carbocycles. The van der Waals surface area contributed by atoms with Gasteiger partial charge in [0.25, 0.3) is 0 Å². The van der Waals surface area contributed by atoms with Crippen molar-refractivity contribution in [2.24, 2.45) is 0 Å². The van der Waals surface area contributed by atoms with Crippen LogP contribution in [0.2, 0.25) is 0 Å². The Morgan fingerprint density at radius 3 is 3.00 bits per heavy atom. The molecule has 2 amide bonds. The van der Waals surface area contributed by atoms with Crippen LogP contribution in [0.4, 0.5) is 0 Å². The minimum atomic E-state index is -0.367. The Morgan fingerprint density at radius 1 is 1.73 bits per heavy atom. The highest BCUT2D eigenvalue weighted by Crippen LogP contribution is 2.07. The molecule has 0 aromatic rings. The van der Waals surface area contributed by atoms with Gasteiger partial charge in [-0.25, -0.2) is 0 Å². The number of nitrogens with one attached hydrogen (secondary N) is 2. The number of amides is 2. The minimum Gasteiger partial charge on any atom is -0.396 e. The Kier molecular flexibility index (Phi) is 4.55. The summed E-state index contributed by atoms with van der Waals surface area (Å²) in [5.74, 6) is -0.176. The first kappa shape index (κ1) is 12.0. The van der Waals surface area contributed by atoms with E-state index < -0.39 is 0 Å². The third-order valence-corrected chi connectivity index (χ3v) is 2.50. The van der Waals surface area contributed by atoms with Gasteiger partial charge in [0.05, 0.1) is 0 Å². The molecule has 5 heteroatoms. The van der Waals surface area contributed by atoms with E-state index in [1.54, 1.807) is 0 Å². The van der Waals surface area contributed by atoms with E-state index in [0.29, 0.717) is 19.3 Å². The van der Waals surface area contributed by atoms with Gasteiger partial charge in [0.1, 0.15) is 6.04 Å². The second kappa shape index (κ2) is 5.70. The number of aliphatic hydroxyl groups is 1. The first-order chi connectivity index (χ1) is 7.13. The molecule has 3 N–H and O–H groups in total. The number of carbonyl (C=O) groups is 2. The van der Waals surface area contributed by atoms with Gasteiger partial charge < -0.3 is 15.7 Å². The summed E-state index contributed by atoms with van der Waals surface area (Å²) >= 11 is 0. The van der Waals surface area contributed by atoms with Crippen LogP contribution in [-0.2, 0) is 9.59 Å². The lowest BCUT2D eigenvalue weighted by Crippen LogP contribution is -2.45. The minimum absolute atomic E-state index is 0.0437. The van der Waals surface area contributed by atoms with E-state index in [1.807, 2.05) is 6.92 Å². The van der Waals surface area contributed by atoms with Crippen molar-refractivity contribution in [2.45, 2.75) is 44.7 Å². The molecule has 1 aliphatic heterocycles. The van der Waals surface area contributed by atoms with Crippen molar-refractivity contribution >= 4 is 11.8 Å². The molecule has 1 unspecified atom stereocenters. The second-order valence-corrected chi connectivity index (χ2v) is 3.93. The highest BCUT2D eigenvalue weighted by atomic mass is 16.3. The van der Waals surface area contributed by atoms with E-state index in [0.717, 1.165) is 6.42 Å². The van der Waals surface area contributed by atoms with Crippen molar-refractivity contribution in [2.75, 3.05) is 6.61 Å². The quantitative estimate of drug-likeness (QED) is 0.579. The van der Waals surface area contributed by atoms with Gasteiger partial charge in [-0.15, -0.1) is 0 Å². The van der Waals surface area contributed by atoms with Gasteiger partial charge in [-0.05, 0) is 26.2 Å². The molecule has 0 aliphatic carbocycles. The van der Waals surface area contributed by atoms with E-state index >= 15 is 0 Å². The first-order valence-electron chi connectivity index (χ1n) is 5.34. The van der Waals surface area contributed by atoms with Crippen LogP contribution in [0.1, 0.15) is 32.6 Å². The van der Waals surface area contributed by atoms with Gasteiger partial charge in [0, 0.05) is 19.1 Å². The van der Waals surface area contributed by atoms with E-state index in [-0.39, 0.29) is 30.5 Å². The Labute approximate surface area is 89.2 Å². The Balaban J connectivity index is 2.25. The predicted octanol–water partition coefficient (Wildman–Crippen LogP) is -0.458. The van der Waals surface area contributed by atoms with Crippen LogP contribution in [0.15, 0.2) is 0 Å². The largest absolute Gasteiger partial charge is 0.396 e. The standard InChI is InChI=1S/C10H18N2O3/c1-7(3-2-6-13)11-10(15)8-4-5-9(14)12-8/h7-8,13H,2-6H2,1H3,(H,11,15)(H,12,14)/t7?,8-/m1/s1. The van der Waals surface area contributed by atoms with Crippen molar-refractivity contribution in [3.63, 3.8) is 0 Å². The SMILES string of the molecule is CC(CCCO)NC(=O)[C@H]1CCC(=O)N1. The highest BCUT2D eigenvalue weighted by molar-refractivity contribution is 5.90. The van der Waals surface area contributed by atoms with E-state index in [4.69, 9.17) is 5.11 Å². The fourth-order valence-electron chi connectivity index (χ4n) is 1.62. The van der Waals surface area contributed by atoms with Crippen LogP contribution < -0.4 is 10.6 Å². The van der Waals surface area contributed by atoms with Crippen molar-refractivity contribution in [1.82, 2.24) is 10.6 Å². The normalized spacial score (nSPS) is 22.3. The van der Waals surface area contributed by atoms with E-state index in [9.17, 15) is 9.59 Å². The Hall–Kier alpha value is -1.10. The third kappa shape index (κ3) is 3.87. The Bertz CT molecular complexity index is 243. The average molecular weight is 214 g/mol. The molecule has 0 aromatic carbocycles. The molecular formula is C10H18N2O3. The summed E-state index contributed by atoms with van der Waals surface area (Å²) in [6.45, 7) is 2.03. The number of aliphatic hydroxyl groups excluding tert-OH is 1. The van der Waals surface area contributed by atoms with Crippen molar-refractivity contribution in [3.8, 4) is 0 Å². The number of carbonyl (C=O) groups excluding carboxylic acids is 2. The second-order valence-electron chi connectivity index (χ2n) is 3.93. The molecule has 1 saturated heterocycles. The Morgan fingerprint density at radius 2 is 2.47 bits per heavy atom. The number of hydrogen-bond acceptors (Lipinski definition) is 3. The molecule has 0 radical (unpaired) electrons. The van der Waals surface area contributed by atoms with Crippen LogP contribution in [-0.4, -0.2) is 35.6 Å². The zero-order valence-corrected chi connectivity index (χ0v) is 8.95. The topological polar surface area (TPSA) is 78.4 Å². The predicted molar refractivity (Wildman–Crippen MR) is 55.1 cm³/mol. The van der Waals surface area contributed by atoms with Crippen LogP contribution in [0.25, 0.3) is 0 Å². The summed E-state index contributed by atoms with van der Waals surface area (Å²) < 4.78 is 0. The molecular weight excluding hydrogens is 196 g/mol. The fraction of sp³-hybridized carbons (Fsp3) is 0.800. The number of rotatable bonds is 5. The fourth-order valence-corrected chi connectivity index (χ4v) is 1.62. The molecule has 1 fully saturated rings. The first-order valence-corrected chi connectivity index (χ1v) is 5.34. The van der Waals surface area contributed by atoms with Crippen LogP contribution >= 0.6 is 0 Å². The lowest BCUT2D eigenvalue weighted by atomic mass is 10.1. The van der Waals surface area contributed by atoms with Gasteiger partial charge in [-0.1, -0.05) is 0 Å². The summed E-state index contributed by atoms with van der Waals surface area (Å²) in [5, 5.41) is 14.1. The van der Waals surface area contributed by atoms with Crippen LogP contribution in [0.3, 0.4) is 0 Å². The van der Waals surface area contributed by atoms with E-state index in [1.165, 1.54) is 0 Å². The summed E-state index contributed by atoms with van der Waals surface area (Å²) in [6.07, 6.45) is 2.45. The van der Waals surface area contributed by atoms with Gasteiger partial charge in [0.2, 0.25) is 11.8 Å². The summed E-state index contributed by atoms with van der Waals surface area (Å²) in [7, 11) is 0. The highest BCUT2D eigenvalue weighted by Gasteiger charge is 2.27. The van der Waals surface area contributed by atoms with Gasteiger partial charge >= 0.3 is 0 Å². The molecule has 0 spiro atoms. The molecule has 5 nitrogen and oxygen atoms in total. The summed E-state index contributed by atoms with van der Waals surface area (Å²) in [5.41, 5.74) is 0. The van der Waals surface area contributed by atoms with E-state index in [2.05, 4.69) is 10.6 Å². The maximum atomic E-state index is 11.6. The maximum Gasteiger partial charge on any atom is 0.242 e. The third-order valence-electron chi connectivity index (χ3n) is 2.50. The molecule has 2 atom stereocenters. The average Bonchev–Trinajstić information content (AvgIpc) is 2.61. The molecule has 0 bridgehead atoms. The lowest BCUT2D eigenvalue weighted by molar-refractivity contribution is -0.126. The van der Waals surface area contributed by atoms with Crippen molar-refractivity contribution in [3.05, 3.63) is 0 Å². The van der Waals surface area contributed by atoms with Gasteiger partial charge in [-0.3, -0.25) is 9.59 Å². The molecule has 1 heterocycles. The zero-order valence-electron chi connectivity index (χ0n) is 8.95. The summed E-state index contributed by atoms with van der Waals surface area (Å²) in [6, 6.07) is -0.323. The smallest absolute Gasteiger partial charge is 0.242 e. The molecule has 15 heavy (non-hydrogen) atoms. The van der Waals surface area contributed by atoms with Crippen LogP contribution in [0, 0.1) is 0 Å². The van der Waals surface area contributed by atoms with Gasteiger partial charge in [-0.2, -0.15) is 0 Å². The van der Waals surface area contributed by atoms with Crippen molar-refractivity contribution < 1.29 is 14.7 Å². The maximum absolute atomic E-state index is 11.6. The van der Waals surface area contributed by atoms with Crippen LogP contribution in [0.5, 0.6) is 0 Å². The monoisotopic (exact) mass is 214 g/mol. The zero-order chi connectivity index (χ0) is 11.3. The molecule has 86 valence electrons. The molecule has 1 rings (SSSR count). The van der Waals surface area contributed by atoms with Gasteiger partial charge in [0.15, 0.2) is 0 Å². The number of hydrogen-bond donors (Lipinski definition) is 3. The molecule has 0 aromatic heterocycles. The lowest BCUT2D eigenvalue weighted by Gasteiger charge is -2.16.